The second-order valence-corrected chi connectivity index (χ2v) is 14.0. The summed E-state index contributed by atoms with van der Waals surface area (Å²) in [6.45, 7) is -1.94. The van der Waals surface area contributed by atoms with Gasteiger partial charge in [-0.2, -0.15) is 0 Å². The van der Waals surface area contributed by atoms with Crippen molar-refractivity contribution >= 4 is 17.8 Å². The van der Waals surface area contributed by atoms with Crippen LogP contribution in [0.3, 0.4) is 0 Å². The predicted octanol–water partition coefficient (Wildman–Crippen LogP) is -10.3. The van der Waals surface area contributed by atoms with Gasteiger partial charge >= 0.3 is 5.97 Å². The number of aliphatic hydroxyl groups is 13. The van der Waals surface area contributed by atoms with Gasteiger partial charge in [0.25, 0.3) is 5.79 Å². The minimum atomic E-state index is -3.12. The van der Waals surface area contributed by atoms with Gasteiger partial charge in [-0.3, -0.25) is 9.59 Å². The molecule has 0 aromatic carbocycles. The number of rotatable bonds is 15. The van der Waals surface area contributed by atoms with Gasteiger partial charge in [0.15, 0.2) is 18.9 Å². The monoisotopic (exact) mass is 836 g/mol. The van der Waals surface area contributed by atoms with Crippen molar-refractivity contribution in [2.75, 3.05) is 26.4 Å². The van der Waals surface area contributed by atoms with Gasteiger partial charge in [-0.15, -0.1) is 0 Å². The Morgan fingerprint density at radius 2 is 1.23 bits per heavy atom. The third kappa shape index (κ3) is 10.2. The SMILES string of the molecule is CC(=O)N[C@H]1[C@H]([C@H](O)[C@H](O)CO)OC(O[C@H]2[C@@H](O)[C@@H](CO)OC(O[C@H]3[C@H](O)[C@@H](NC(C)=O)C(O[C@H]4[C@@H](O)[C@H](O)[C@@H](CO)O[C@@H]4O)O[C@@H]3CO)[C@@H]2O)(C(=O)O)C[C@@H]1O. The van der Waals surface area contributed by atoms with Crippen LogP contribution >= 0.6 is 0 Å². The fourth-order valence-electron chi connectivity index (χ4n) is 7.04. The summed E-state index contributed by atoms with van der Waals surface area (Å²) in [5, 5.41) is 151. The van der Waals surface area contributed by atoms with E-state index in [2.05, 4.69) is 10.6 Å². The zero-order chi connectivity index (χ0) is 42.7. The Bertz CT molecular complexity index is 1350. The Morgan fingerprint density at radius 1 is 0.684 bits per heavy atom. The predicted molar refractivity (Wildman–Crippen MR) is 174 cm³/mol. The first-order valence-electron chi connectivity index (χ1n) is 17.7. The van der Waals surface area contributed by atoms with Crippen molar-refractivity contribution in [2.45, 2.75) is 149 Å². The molecule has 57 heavy (non-hydrogen) atoms. The maximum atomic E-state index is 12.8. The zero-order valence-electron chi connectivity index (χ0n) is 30.4. The Hall–Kier alpha value is -2.39. The molecule has 0 aliphatic carbocycles. The molecule has 4 heterocycles. The van der Waals surface area contributed by atoms with E-state index in [1.54, 1.807) is 0 Å². The average Bonchev–Trinajstić information content (AvgIpc) is 3.16. The molecule has 4 fully saturated rings. The summed E-state index contributed by atoms with van der Waals surface area (Å²) in [5.74, 6) is -6.74. The molecule has 21 atom stereocenters. The Labute approximate surface area is 322 Å². The lowest BCUT2D eigenvalue weighted by Gasteiger charge is -2.51. The zero-order valence-corrected chi connectivity index (χ0v) is 30.4. The van der Waals surface area contributed by atoms with Crippen LogP contribution in [0.15, 0.2) is 0 Å². The van der Waals surface area contributed by atoms with Crippen LogP contribution in [0.4, 0.5) is 0 Å². The quantitative estimate of drug-likeness (QED) is 0.0728. The first kappa shape index (κ1) is 47.3. The van der Waals surface area contributed by atoms with Crippen molar-refractivity contribution in [3.8, 4) is 0 Å². The molecule has 3 unspecified atom stereocenters. The van der Waals surface area contributed by atoms with Crippen LogP contribution in [0.1, 0.15) is 20.3 Å². The maximum Gasteiger partial charge on any atom is 0.364 e. The van der Waals surface area contributed by atoms with Crippen LogP contribution in [0, 0.1) is 0 Å². The number of carboxylic acid groups (broad SMARTS) is 1. The Kier molecular flexibility index (Phi) is 16.4. The molecule has 2 amide bonds. The highest BCUT2D eigenvalue weighted by Crippen LogP contribution is 2.38. The number of amides is 2. The van der Waals surface area contributed by atoms with Crippen molar-refractivity contribution in [3.63, 3.8) is 0 Å². The van der Waals surface area contributed by atoms with Crippen LogP contribution in [0.25, 0.3) is 0 Å². The third-order valence-electron chi connectivity index (χ3n) is 9.98. The van der Waals surface area contributed by atoms with Crippen LogP contribution in [-0.2, 0) is 47.5 Å². The summed E-state index contributed by atoms with van der Waals surface area (Å²) in [6.07, 6.45) is -36.1. The van der Waals surface area contributed by atoms with E-state index in [4.69, 9.17) is 33.2 Å². The molecule has 0 aromatic rings. The van der Waals surface area contributed by atoms with Gasteiger partial charge in [0.05, 0.1) is 38.6 Å². The summed E-state index contributed by atoms with van der Waals surface area (Å²) >= 11 is 0. The maximum absolute atomic E-state index is 12.8. The lowest BCUT2D eigenvalue weighted by molar-refractivity contribution is -0.387. The van der Waals surface area contributed by atoms with Crippen LogP contribution in [0.2, 0.25) is 0 Å². The summed E-state index contributed by atoms with van der Waals surface area (Å²) in [6, 6.07) is -3.30. The van der Waals surface area contributed by atoms with Crippen molar-refractivity contribution in [3.05, 3.63) is 0 Å². The second kappa shape index (κ2) is 19.8. The topological polar surface area (TPSA) is 423 Å². The van der Waals surface area contributed by atoms with Crippen molar-refractivity contribution in [1.82, 2.24) is 10.6 Å². The second-order valence-electron chi connectivity index (χ2n) is 14.0. The van der Waals surface area contributed by atoms with Crippen molar-refractivity contribution < 1.29 is 119 Å². The smallest absolute Gasteiger partial charge is 0.364 e. The van der Waals surface area contributed by atoms with E-state index in [1.165, 1.54) is 0 Å². The average molecular weight is 837 g/mol. The standard InChI is InChI=1S/C31H52N2O24/c1-8(38)32-15-10(40)3-31(30(49)50,56-24(15)17(42)11(41)4-34)57-25-19(44)13(6-36)52-29(22(25)47)54-23-14(7-37)53-28(16(20(23)45)33-9(2)39)55-26-21(46)18(43)12(5-35)51-27(26)48/h10-29,34-37,40-48H,3-7H2,1-2H3,(H,32,38)(H,33,39)(H,49,50)/t10-,11+,12+,13+,14+,15+,16+,17+,18+,19-,20+,21-,22+,23+,24+,25-,26-,27-,28?,29?,31?/m0/s1. The van der Waals surface area contributed by atoms with Gasteiger partial charge in [-0.25, -0.2) is 4.79 Å². The van der Waals surface area contributed by atoms with E-state index in [9.17, 15) is 85.9 Å². The normalized spacial score (nSPS) is 45.1. The molecule has 4 aliphatic rings. The summed E-state index contributed by atoms with van der Waals surface area (Å²) in [4.78, 5) is 36.9. The summed E-state index contributed by atoms with van der Waals surface area (Å²) < 4.78 is 38.9. The first-order valence-corrected chi connectivity index (χ1v) is 17.7. The van der Waals surface area contributed by atoms with Crippen LogP contribution in [-0.4, -0.2) is 244 Å². The molecule has 0 spiro atoms. The highest BCUT2D eigenvalue weighted by atomic mass is 16.8. The van der Waals surface area contributed by atoms with Gasteiger partial charge in [-0.1, -0.05) is 0 Å². The van der Waals surface area contributed by atoms with Gasteiger partial charge in [0.2, 0.25) is 11.8 Å². The fourth-order valence-corrected chi connectivity index (χ4v) is 7.04. The minimum Gasteiger partial charge on any atom is -0.477 e. The van der Waals surface area contributed by atoms with Gasteiger partial charge in [-0.05, 0) is 0 Å². The molecule has 4 saturated heterocycles. The van der Waals surface area contributed by atoms with Crippen LogP contribution in [0.5, 0.6) is 0 Å². The molecule has 0 aromatic heterocycles. The number of carboxylic acids is 1. The largest absolute Gasteiger partial charge is 0.477 e. The van der Waals surface area contributed by atoms with E-state index < -0.39 is 179 Å². The number of aliphatic hydroxyl groups excluding tert-OH is 13. The van der Waals surface area contributed by atoms with E-state index in [0.717, 1.165) is 13.8 Å². The lowest BCUT2D eigenvalue weighted by atomic mass is 9.88. The number of hydrogen-bond donors (Lipinski definition) is 16. The van der Waals surface area contributed by atoms with Crippen molar-refractivity contribution in [1.29, 1.82) is 0 Å². The number of carbonyl (C=O) groups is 3. The molecule has 16 N–H and O–H groups in total. The lowest BCUT2D eigenvalue weighted by Crippen LogP contribution is -2.71. The molecule has 26 heteroatoms. The molecule has 0 saturated carbocycles. The molecule has 0 radical (unpaired) electrons. The van der Waals surface area contributed by atoms with E-state index in [1.807, 2.05) is 0 Å². The first-order chi connectivity index (χ1) is 26.7. The number of hydrogen-bond acceptors (Lipinski definition) is 23. The number of nitrogens with one attached hydrogen (secondary N) is 2. The highest BCUT2D eigenvalue weighted by molar-refractivity contribution is 5.76. The highest BCUT2D eigenvalue weighted by Gasteiger charge is 2.60. The molecule has 4 rings (SSSR count). The fraction of sp³-hybridized carbons (Fsp3) is 0.903. The molecular weight excluding hydrogens is 784 g/mol. The molecule has 4 aliphatic heterocycles. The Morgan fingerprint density at radius 3 is 1.77 bits per heavy atom. The van der Waals surface area contributed by atoms with Gasteiger partial charge in [0.1, 0.15) is 91.5 Å². The van der Waals surface area contributed by atoms with Crippen molar-refractivity contribution in [2.24, 2.45) is 0 Å². The number of carbonyl (C=O) groups excluding carboxylic acids is 2. The van der Waals surface area contributed by atoms with E-state index in [0.29, 0.717) is 0 Å². The summed E-state index contributed by atoms with van der Waals surface area (Å²) in [5.41, 5.74) is 0. The molecule has 0 bridgehead atoms. The number of ether oxygens (including phenoxy) is 7. The summed E-state index contributed by atoms with van der Waals surface area (Å²) in [7, 11) is 0. The van der Waals surface area contributed by atoms with Crippen LogP contribution < -0.4 is 10.6 Å². The van der Waals surface area contributed by atoms with Gasteiger partial charge in [0, 0.05) is 20.3 Å². The molecule has 26 nitrogen and oxygen atoms in total. The number of aliphatic carboxylic acids is 1. The van der Waals surface area contributed by atoms with Gasteiger partial charge < -0.3 is 115 Å². The molecular formula is C31H52N2O24. The Balaban J connectivity index is 1.62. The molecule has 330 valence electrons. The minimum absolute atomic E-state index is 0.787. The van der Waals surface area contributed by atoms with E-state index >= 15 is 0 Å². The van der Waals surface area contributed by atoms with E-state index in [-0.39, 0.29) is 0 Å². The third-order valence-corrected chi connectivity index (χ3v) is 9.98.